The van der Waals surface area contributed by atoms with Crippen LogP contribution in [-0.4, -0.2) is 24.2 Å². The van der Waals surface area contributed by atoms with E-state index in [-0.39, 0.29) is 5.91 Å². The molecule has 0 saturated carbocycles. The van der Waals surface area contributed by atoms with Crippen molar-refractivity contribution in [1.82, 2.24) is 4.98 Å². The van der Waals surface area contributed by atoms with Gasteiger partial charge in [0.1, 0.15) is 0 Å². The summed E-state index contributed by atoms with van der Waals surface area (Å²) < 4.78 is 0. The number of nitrogens with zero attached hydrogens (tertiary/aromatic N) is 2. The van der Waals surface area contributed by atoms with Crippen molar-refractivity contribution in [3.63, 3.8) is 0 Å². The van der Waals surface area contributed by atoms with Crippen molar-refractivity contribution in [2.45, 2.75) is 13.3 Å². The van der Waals surface area contributed by atoms with Gasteiger partial charge in [0.25, 0.3) is 5.91 Å². The number of aliphatic imine (C=N–C) groups is 1. The summed E-state index contributed by atoms with van der Waals surface area (Å²) in [6.07, 6.45) is 6.86. The fourth-order valence-electron chi connectivity index (χ4n) is 1.27. The molecule has 0 aliphatic carbocycles. The molecule has 0 aliphatic rings. The summed E-state index contributed by atoms with van der Waals surface area (Å²) >= 11 is 0. The van der Waals surface area contributed by atoms with Gasteiger partial charge in [-0.25, -0.2) is 0 Å². The van der Waals surface area contributed by atoms with E-state index in [1.165, 1.54) is 12.4 Å². The van der Waals surface area contributed by atoms with Crippen molar-refractivity contribution in [2.75, 3.05) is 12.4 Å². The molecule has 0 radical (unpaired) electrons. The lowest BCUT2D eigenvalue weighted by molar-refractivity contribution is -0.112. The first-order valence-corrected chi connectivity index (χ1v) is 5.30. The van der Waals surface area contributed by atoms with Crippen LogP contribution in [0.25, 0.3) is 0 Å². The molecule has 5 heteroatoms. The van der Waals surface area contributed by atoms with Crippen LogP contribution in [0, 0.1) is 0 Å². The van der Waals surface area contributed by atoms with E-state index < -0.39 is 0 Å². The normalized spacial score (nSPS) is 11.8. The minimum absolute atomic E-state index is 0.298. The lowest BCUT2D eigenvalue weighted by atomic mass is 10.2. The zero-order valence-corrected chi connectivity index (χ0v) is 9.97. The van der Waals surface area contributed by atoms with Crippen molar-refractivity contribution >= 4 is 17.8 Å². The van der Waals surface area contributed by atoms with Gasteiger partial charge in [-0.2, -0.15) is 0 Å². The number of aryl methyl sites for hydroxylation is 1. The molecule has 3 N–H and O–H groups in total. The maximum absolute atomic E-state index is 11.8. The van der Waals surface area contributed by atoms with Crippen LogP contribution in [0.1, 0.15) is 12.5 Å². The number of hydrogen-bond acceptors (Lipinski definition) is 4. The predicted octanol–water partition coefficient (Wildman–Crippen LogP) is 1.13. The summed E-state index contributed by atoms with van der Waals surface area (Å²) in [6, 6.07) is 1.88. The first-order chi connectivity index (χ1) is 8.21. The molecule has 90 valence electrons. The second-order valence-corrected chi connectivity index (χ2v) is 3.40. The van der Waals surface area contributed by atoms with E-state index in [1.807, 2.05) is 13.0 Å². The van der Waals surface area contributed by atoms with E-state index in [0.717, 1.165) is 12.0 Å². The third kappa shape index (κ3) is 3.71. The maximum atomic E-state index is 11.8. The van der Waals surface area contributed by atoms with Crippen LogP contribution in [0.5, 0.6) is 0 Å². The fourth-order valence-corrected chi connectivity index (χ4v) is 1.27. The maximum Gasteiger partial charge on any atom is 0.258 e. The molecule has 0 fully saturated rings. The highest BCUT2D eigenvalue weighted by Gasteiger charge is 2.07. The summed E-state index contributed by atoms with van der Waals surface area (Å²) in [5, 5.41) is 2.71. The Kier molecular flexibility index (Phi) is 4.87. The Labute approximate surface area is 100 Å². The smallest absolute Gasteiger partial charge is 0.258 e. The molecule has 0 spiro atoms. The second kappa shape index (κ2) is 6.42. The fraction of sp³-hybridized carbons (Fsp3) is 0.250. The summed E-state index contributed by atoms with van der Waals surface area (Å²) in [7, 11) is 1.58. The van der Waals surface area contributed by atoms with Crippen LogP contribution in [0.2, 0.25) is 0 Å². The van der Waals surface area contributed by atoms with E-state index in [9.17, 15) is 4.79 Å². The molecular weight excluding hydrogens is 216 g/mol. The molecule has 17 heavy (non-hydrogen) atoms. The number of carbonyl (C=O) groups excluding carboxylic acids is 1. The number of anilines is 1. The van der Waals surface area contributed by atoms with Crippen molar-refractivity contribution in [3.05, 3.63) is 35.8 Å². The lowest BCUT2D eigenvalue weighted by Crippen LogP contribution is -2.16. The molecule has 0 atom stereocenters. The van der Waals surface area contributed by atoms with E-state index in [2.05, 4.69) is 15.3 Å². The molecule has 1 rings (SSSR count). The standard InChI is InChI=1S/C12H16N4O/c1-3-9-4-11(8-15-6-9)16-12(17)10(5-13)7-14-2/h4-8H,3,13H2,1-2H3,(H,16,17)/b10-5+,14-7?. The molecule has 0 bridgehead atoms. The molecule has 1 heterocycles. The Morgan fingerprint density at radius 1 is 1.59 bits per heavy atom. The minimum atomic E-state index is -0.298. The van der Waals surface area contributed by atoms with Crippen LogP contribution in [-0.2, 0) is 11.2 Å². The van der Waals surface area contributed by atoms with Crippen molar-refractivity contribution in [2.24, 2.45) is 10.7 Å². The Hall–Kier alpha value is -2.17. The van der Waals surface area contributed by atoms with Crippen molar-refractivity contribution in [1.29, 1.82) is 0 Å². The van der Waals surface area contributed by atoms with Crippen molar-refractivity contribution < 1.29 is 4.79 Å². The van der Waals surface area contributed by atoms with Crippen LogP contribution in [0.3, 0.4) is 0 Å². The Morgan fingerprint density at radius 3 is 2.94 bits per heavy atom. The number of nitrogens with two attached hydrogens (primary N) is 1. The monoisotopic (exact) mass is 232 g/mol. The molecule has 0 aliphatic heterocycles. The van der Waals surface area contributed by atoms with Gasteiger partial charge in [0, 0.05) is 25.7 Å². The summed E-state index contributed by atoms with van der Waals surface area (Å²) in [6.45, 7) is 2.03. The first kappa shape index (κ1) is 12.9. The number of hydrogen-bond donors (Lipinski definition) is 2. The molecule has 0 aromatic carbocycles. The first-order valence-electron chi connectivity index (χ1n) is 5.30. The molecule has 1 aromatic rings. The number of amides is 1. The topological polar surface area (TPSA) is 80.4 Å². The third-order valence-corrected chi connectivity index (χ3v) is 2.17. The average molecular weight is 232 g/mol. The van der Waals surface area contributed by atoms with Gasteiger partial charge in [-0.1, -0.05) is 6.92 Å². The van der Waals surface area contributed by atoms with E-state index >= 15 is 0 Å². The van der Waals surface area contributed by atoms with Crippen molar-refractivity contribution in [3.8, 4) is 0 Å². The Balaban J connectivity index is 2.80. The van der Waals surface area contributed by atoms with Gasteiger partial charge in [-0.15, -0.1) is 0 Å². The number of pyridine rings is 1. The Bertz CT molecular complexity index is 452. The molecule has 1 aromatic heterocycles. The van der Waals surface area contributed by atoms with Gasteiger partial charge < -0.3 is 11.1 Å². The quantitative estimate of drug-likeness (QED) is 0.603. The molecule has 1 amide bonds. The summed E-state index contributed by atoms with van der Waals surface area (Å²) in [5.41, 5.74) is 7.37. The van der Waals surface area contributed by atoms with Gasteiger partial charge in [-0.05, 0) is 18.1 Å². The van der Waals surface area contributed by atoms with Crippen LogP contribution < -0.4 is 11.1 Å². The third-order valence-electron chi connectivity index (χ3n) is 2.17. The predicted molar refractivity (Wildman–Crippen MR) is 68.9 cm³/mol. The van der Waals surface area contributed by atoms with Crippen LogP contribution in [0.4, 0.5) is 5.69 Å². The van der Waals surface area contributed by atoms with Gasteiger partial charge in [0.15, 0.2) is 0 Å². The van der Waals surface area contributed by atoms with E-state index in [4.69, 9.17) is 5.73 Å². The number of nitrogens with one attached hydrogen (secondary N) is 1. The van der Waals surface area contributed by atoms with E-state index in [0.29, 0.717) is 11.3 Å². The zero-order chi connectivity index (χ0) is 12.7. The van der Waals surface area contributed by atoms with Gasteiger partial charge in [0.2, 0.25) is 0 Å². The zero-order valence-electron chi connectivity index (χ0n) is 9.97. The largest absolute Gasteiger partial charge is 0.404 e. The molecule has 5 nitrogen and oxygen atoms in total. The van der Waals surface area contributed by atoms with E-state index in [1.54, 1.807) is 19.4 Å². The molecule has 0 unspecified atom stereocenters. The average Bonchev–Trinajstić information content (AvgIpc) is 2.36. The Morgan fingerprint density at radius 2 is 2.35 bits per heavy atom. The molecular formula is C12H16N4O. The summed E-state index contributed by atoms with van der Waals surface area (Å²) in [5.74, 6) is -0.298. The van der Waals surface area contributed by atoms with Gasteiger partial charge in [-0.3, -0.25) is 14.8 Å². The van der Waals surface area contributed by atoms with Gasteiger partial charge in [0.05, 0.1) is 17.5 Å². The number of aromatic nitrogens is 1. The highest BCUT2D eigenvalue weighted by Crippen LogP contribution is 2.09. The number of rotatable bonds is 4. The van der Waals surface area contributed by atoms with Gasteiger partial charge >= 0.3 is 0 Å². The minimum Gasteiger partial charge on any atom is -0.404 e. The second-order valence-electron chi connectivity index (χ2n) is 3.40. The highest BCUT2D eigenvalue weighted by atomic mass is 16.1. The lowest BCUT2D eigenvalue weighted by Gasteiger charge is -2.05. The van der Waals surface area contributed by atoms with Crippen LogP contribution in [0.15, 0.2) is 35.2 Å². The highest BCUT2D eigenvalue weighted by molar-refractivity contribution is 6.17. The SMILES string of the molecule is CCc1cncc(NC(=O)/C(C=NC)=C/N)c1. The number of carbonyl (C=O) groups is 1. The summed E-state index contributed by atoms with van der Waals surface area (Å²) in [4.78, 5) is 19.5. The van der Waals surface area contributed by atoms with Crippen LogP contribution >= 0.6 is 0 Å². The molecule has 0 saturated heterocycles.